The van der Waals surface area contributed by atoms with Crippen LogP contribution in [0.5, 0.6) is 0 Å². The van der Waals surface area contributed by atoms with E-state index in [2.05, 4.69) is 20.6 Å². The number of aromatic nitrogens is 2. The maximum absolute atomic E-state index is 14.1. The lowest BCUT2D eigenvalue weighted by molar-refractivity contribution is -0.147. The summed E-state index contributed by atoms with van der Waals surface area (Å²) in [4.78, 5) is 64.7. The smallest absolute Gasteiger partial charge is 0.433 e. The number of halogens is 3. The van der Waals surface area contributed by atoms with Crippen molar-refractivity contribution in [2.24, 2.45) is 17.8 Å². The number of carboxylic acids is 1. The second-order valence-corrected chi connectivity index (χ2v) is 14.7. The van der Waals surface area contributed by atoms with E-state index in [9.17, 15) is 37.5 Å². The minimum Gasteiger partial charge on any atom is -0.480 e. The zero-order valence-corrected chi connectivity index (χ0v) is 33.2. The molecule has 2 aromatic rings. The van der Waals surface area contributed by atoms with Crippen LogP contribution in [0, 0.1) is 17.8 Å². The van der Waals surface area contributed by atoms with Crippen LogP contribution in [-0.4, -0.2) is 113 Å². The molecule has 2 heterocycles. The van der Waals surface area contributed by atoms with Gasteiger partial charge in [0.15, 0.2) is 0 Å². The van der Waals surface area contributed by atoms with Crippen LogP contribution in [0.4, 0.5) is 19.1 Å². The highest BCUT2D eigenvalue weighted by Gasteiger charge is 2.43. The van der Waals surface area contributed by atoms with Crippen molar-refractivity contribution >= 4 is 29.6 Å². The van der Waals surface area contributed by atoms with Crippen molar-refractivity contribution < 1.29 is 46.9 Å². The molecule has 1 aliphatic rings. The summed E-state index contributed by atoms with van der Waals surface area (Å²) in [6.45, 7) is 11.2. The number of ether oxygens (including phenoxy) is 2. The van der Waals surface area contributed by atoms with Crippen LogP contribution in [0.1, 0.15) is 84.4 Å². The Balaban J connectivity index is 1.80. The lowest BCUT2D eigenvalue weighted by atomic mass is 9.89. The number of benzene rings is 1. The minimum atomic E-state index is -4.69. The molecule has 1 aromatic carbocycles. The van der Waals surface area contributed by atoms with Crippen molar-refractivity contribution in [3.05, 3.63) is 53.9 Å². The molecule has 1 aliphatic heterocycles. The first-order valence-electron chi connectivity index (χ1n) is 18.7. The molecule has 0 saturated carbocycles. The highest BCUT2D eigenvalue weighted by Crippen LogP contribution is 2.31. The molecule has 0 radical (unpaired) electrons. The van der Waals surface area contributed by atoms with Crippen molar-refractivity contribution in [1.82, 2.24) is 25.1 Å². The van der Waals surface area contributed by atoms with Gasteiger partial charge in [-0.05, 0) is 36.3 Å². The van der Waals surface area contributed by atoms with Gasteiger partial charge in [-0.25, -0.2) is 14.8 Å². The second-order valence-electron chi connectivity index (χ2n) is 14.7. The van der Waals surface area contributed by atoms with Gasteiger partial charge in [-0.1, -0.05) is 78.3 Å². The first-order chi connectivity index (χ1) is 25.9. The first-order valence-corrected chi connectivity index (χ1v) is 18.7. The molecule has 13 nitrogen and oxygen atoms in total. The van der Waals surface area contributed by atoms with Crippen molar-refractivity contribution in [3.63, 3.8) is 0 Å². The second kappa shape index (κ2) is 20.0. The largest absolute Gasteiger partial charge is 0.480 e. The summed E-state index contributed by atoms with van der Waals surface area (Å²) in [6.07, 6.45) is -3.52. The summed E-state index contributed by atoms with van der Waals surface area (Å²) in [6, 6.07) is 6.49. The number of carboxylic acid groups (broad SMARTS) is 1. The molecule has 16 heteroatoms. The number of anilines is 1. The molecule has 1 fully saturated rings. The number of likely N-dealkylation sites (N-methyl/N-ethyl adjacent to an activating group) is 1. The van der Waals surface area contributed by atoms with Gasteiger partial charge < -0.3 is 35.0 Å². The highest BCUT2D eigenvalue weighted by atomic mass is 19.4. The standard InChI is InChI=1S/C39H57F3N6O7/c1-10-23(4)33(47(7)36(51)31(22(2)3)46-38-43-19-18-29(44-38)39(40,41)42)28(54-8)21-30(49)48-20-14-17-27(48)34(55-9)25(6)35(50)45-32(37(52)53)24(5)26-15-12-11-13-16-26/h11-13,15-16,18-19,22-25,27-28,31-34H,10,14,17,20-21H2,1-9H3,(H,45,50)(H,52,53)(H,43,44,46)/t23-,24?,25+,27-,28+,31-,32?,33-,34+/m0/s1. The molecule has 2 unspecified atom stereocenters. The molecular formula is C39H57F3N6O7. The lowest BCUT2D eigenvalue weighted by Crippen LogP contribution is -2.56. The van der Waals surface area contributed by atoms with Crippen LogP contribution in [-0.2, 0) is 34.8 Å². The Morgan fingerprint density at radius 2 is 1.67 bits per heavy atom. The van der Waals surface area contributed by atoms with Gasteiger partial charge in [0.05, 0.1) is 36.6 Å². The molecule has 9 atom stereocenters. The Bertz CT molecular complexity index is 1580. The highest BCUT2D eigenvalue weighted by molar-refractivity contribution is 5.86. The fourth-order valence-corrected chi connectivity index (χ4v) is 7.40. The third-order valence-corrected chi connectivity index (χ3v) is 10.8. The average Bonchev–Trinajstić information content (AvgIpc) is 3.64. The summed E-state index contributed by atoms with van der Waals surface area (Å²) in [5, 5.41) is 15.5. The number of methoxy groups -OCH3 is 2. The van der Waals surface area contributed by atoms with Crippen molar-refractivity contribution in [3.8, 4) is 0 Å². The van der Waals surface area contributed by atoms with Crippen molar-refractivity contribution in [2.75, 3.05) is 33.1 Å². The number of rotatable bonds is 19. The van der Waals surface area contributed by atoms with E-state index in [4.69, 9.17) is 9.47 Å². The van der Waals surface area contributed by atoms with Gasteiger partial charge in [-0.15, -0.1) is 0 Å². The Labute approximate surface area is 321 Å². The quantitative estimate of drug-likeness (QED) is 0.172. The summed E-state index contributed by atoms with van der Waals surface area (Å²) >= 11 is 0. The van der Waals surface area contributed by atoms with Crippen molar-refractivity contribution in [1.29, 1.82) is 0 Å². The number of nitrogens with one attached hydrogen (secondary N) is 2. The van der Waals surface area contributed by atoms with E-state index in [0.29, 0.717) is 25.8 Å². The number of alkyl halides is 3. The molecule has 3 N–H and O–H groups in total. The van der Waals surface area contributed by atoms with Gasteiger partial charge >= 0.3 is 12.1 Å². The normalized spacial score (nSPS) is 19.1. The summed E-state index contributed by atoms with van der Waals surface area (Å²) in [5.74, 6) is -4.60. The Hall–Kier alpha value is -4.31. The van der Waals surface area contributed by atoms with Gasteiger partial charge in [0.1, 0.15) is 17.8 Å². The third-order valence-electron chi connectivity index (χ3n) is 10.8. The van der Waals surface area contributed by atoms with E-state index >= 15 is 0 Å². The minimum absolute atomic E-state index is 0.108. The van der Waals surface area contributed by atoms with Gasteiger partial charge in [0, 0.05) is 39.9 Å². The summed E-state index contributed by atoms with van der Waals surface area (Å²) in [5.41, 5.74) is -0.382. The van der Waals surface area contributed by atoms with Crippen molar-refractivity contribution in [2.45, 2.75) is 116 Å². The third kappa shape index (κ3) is 11.4. The van der Waals surface area contributed by atoms with Gasteiger partial charge in [0.25, 0.3) is 0 Å². The van der Waals surface area contributed by atoms with Gasteiger partial charge in [-0.2, -0.15) is 13.2 Å². The Morgan fingerprint density at radius 1 is 1.02 bits per heavy atom. The molecule has 0 aliphatic carbocycles. The van der Waals surface area contributed by atoms with Gasteiger partial charge in [-0.3, -0.25) is 14.4 Å². The molecule has 306 valence electrons. The maximum Gasteiger partial charge on any atom is 0.433 e. The Kier molecular flexibility index (Phi) is 16.4. The van der Waals surface area contributed by atoms with Crippen LogP contribution in [0.25, 0.3) is 0 Å². The van der Waals surface area contributed by atoms with E-state index in [0.717, 1.165) is 17.8 Å². The van der Waals surface area contributed by atoms with Crippen LogP contribution in [0.3, 0.4) is 0 Å². The van der Waals surface area contributed by atoms with Crippen LogP contribution >= 0.6 is 0 Å². The van der Waals surface area contributed by atoms with E-state index in [1.807, 2.05) is 19.9 Å². The number of nitrogens with zero attached hydrogens (tertiary/aromatic N) is 4. The molecule has 0 spiro atoms. The van der Waals surface area contributed by atoms with E-state index in [-0.39, 0.29) is 30.1 Å². The molecule has 1 saturated heterocycles. The lowest BCUT2D eigenvalue weighted by Gasteiger charge is -2.40. The molecule has 3 rings (SSSR count). The monoisotopic (exact) mass is 778 g/mol. The average molecular weight is 779 g/mol. The fourth-order valence-electron chi connectivity index (χ4n) is 7.40. The summed E-state index contributed by atoms with van der Waals surface area (Å²) < 4.78 is 51.8. The van der Waals surface area contributed by atoms with E-state index < -0.39 is 77.9 Å². The first kappa shape index (κ1) is 45.1. The fraction of sp³-hybridized carbons (Fsp3) is 0.641. The van der Waals surface area contributed by atoms with Crippen LogP contribution in [0.15, 0.2) is 42.6 Å². The topological polar surface area (TPSA) is 163 Å². The van der Waals surface area contributed by atoms with E-state index in [1.165, 1.54) is 19.1 Å². The zero-order valence-electron chi connectivity index (χ0n) is 33.2. The number of hydrogen-bond donors (Lipinski definition) is 3. The molecular weight excluding hydrogens is 721 g/mol. The SMILES string of the molecule is CC[C@H](C)[C@@H]([C@@H](CC(=O)N1CCC[C@H]1[C@H](OC)[C@@H](C)C(=O)NC(C(=O)O)C(C)c1ccccc1)OC)N(C)C(=O)[C@@H](Nc1nccc(C(F)(F)F)n1)C(C)C. The number of hydrogen-bond acceptors (Lipinski definition) is 9. The molecule has 3 amide bonds. The van der Waals surface area contributed by atoms with Crippen LogP contribution in [0.2, 0.25) is 0 Å². The maximum atomic E-state index is 14.1. The molecule has 1 aromatic heterocycles. The number of carbonyl (C=O) groups is 4. The predicted octanol–water partition coefficient (Wildman–Crippen LogP) is 5.23. The number of likely N-dealkylation sites (tertiary alicyclic amines) is 1. The molecule has 0 bridgehead atoms. The van der Waals surface area contributed by atoms with Gasteiger partial charge in [0.2, 0.25) is 23.7 Å². The number of amides is 3. The molecule has 55 heavy (non-hydrogen) atoms. The summed E-state index contributed by atoms with van der Waals surface area (Å²) in [7, 11) is 4.50. The predicted molar refractivity (Wildman–Crippen MR) is 200 cm³/mol. The number of aliphatic carboxylic acids is 1. The zero-order chi connectivity index (χ0) is 41.2. The van der Waals surface area contributed by atoms with E-state index in [1.54, 1.807) is 63.9 Å². The van der Waals surface area contributed by atoms with Crippen LogP contribution < -0.4 is 10.6 Å². The number of carbonyl (C=O) groups excluding carboxylic acids is 3. The Morgan fingerprint density at radius 3 is 2.22 bits per heavy atom.